The van der Waals surface area contributed by atoms with Crippen molar-refractivity contribution < 1.29 is 19.1 Å². The van der Waals surface area contributed by atoms with E-state index in [-0.39, 0.29) is 18.5 Å². The van der Waals surface area contributed by atoms with Crippen LogP contribution in [0.15, 0.2) is 41.8 Å². The molecule has 8 heteroatoms. The maximum absolute atomic E-state index is 11.8. The maximum atomic E-state index is 11.8. The fraction of sp³-hybridized carbons (Fsp3) is 0.235. The fourth-order valence-corrected chi connectivity index (χ4v) is 2.73. The summed E-state index contributed by atoms with van der Waals surface area (Å²) in [6.07, 6.45) is 0. The molecule has 2 rings (SSSR count). The van der Waals surface area contributed by atoms with Crippen molar-refractivity contribution in [2.45, 2.75) is 13.0 Å². The van der Waals surface area contributed by atoms with Gasteiger partial charge in [0.15, 0.2) is 6.61 Å². The highest BCUT2D eigenvalue weighted by molar-refractivity contribution is 7.12. The zero-order chi connectivity index (χ0) is 18.2. The molecule has 2 amide bonds. The molecule has 25 heavy (non-hydrogen) atoms. The molecule has 132 valence electrons. The Morgan fingerprint density at radius 2 is 1.92 bits per heavy atom. The molecule has 0 radical (unpaired) electrons. The Kier molecular flexibility index (Phi) is 6.97. The third kappa shape index (κ3) is 6.21. The summed E-state index contributed by atoms with van der Waals surface area (Å²) in [6, 6.07) is 10.2. The van der Waals surface area contributed by atoms with E-state index in [9.17, 15) is 14.4 Å². The van der Waals surface area contributed by atoms with Crippen molar-refractivity contribution in [3.8, 4) is 0 Å². The van der Waals surface area contributed by atoms with Crippen molar-refractivity contribution in [1.29, 1.82) is 0 Å². The predicted molar refractivity (Wildman–Crippen MR) is 95.6 cm³/mol. The first-order chi connectivity index (χ1) is 12.0. The van der Waals surface area contributed by atoms with Gasteiger partial charge in [-0.1, -0.05) is 29.8 Å². The van der Waals surface area contributed by atoms with Crippen molar-refractivity contribution in [3.63, 3.8) is 0 Å². The van der Waals surface area contributed by atoms with Gasteiger partial charge in [0.25, 0.3) is 11.8 Å². The van der Waals surface area contributed by atoms with Gasteiger partial charge in [-0.3, -0.25) is 14.4 Å². The summed E-state index contributed by atoms with van der Waals surface area (Å²) in [6.45, 7) is 1.10. The summed E-state index contributed by atoms with van der Waals surface area (Å²) in [5.41, 5.74) is 0.882. The number of carbonyl (C=O) groups is 3. The van der Waals surface area contributed by atoms with Crippen LogP contribution in [0.4, 0.5) is 0 Å². The van der Waals surface area contributed by atoms with Gasteiger partial charge in [0.2, 0.25) is 0 Å². The highest BCUT2D eigenvalue weighted by Crippen LogP contribution is 2.15. The van der Waals surface area contributed by atoms with Crippen molar-refractivity contribution in [1.82, 2.24) is 10.6 Å². The van der Waals surface area contributed by atoms with Gasteiger partial charge in [-0.25, -0.2) is 0 Å². The van der Waals surface area contributed by atoms with E-state index in [1.807, 2.05) is 6.92 Å². The lowest BCUT2D eigenvalue weighted by atomic mass is 10.1. The molecule has 1 aromatic carbocycles. The number of thiophene rings is 1. The highest BCUT2D eigenvalue weighted by Gasteiger charge is 2.13. The summed E-state index contributed by atoms with van der Waals surface area (Å²) < 4.78 is 4.84. The lowest BCUT2D eigenvalue weighted by molar-refractivity contribution is -0.147. The van der Waals surface area contributed by atoms with Crippen LogP contribution in [0.5, 0.6) is 0 Å². The van der Waals surface area contributed by atoms with Crippen LogP contribution >= 0.6 is 22.9 Å². The number of ether oxygens (including phenoxy) is 1. The molecule has 6 nitrogen and oxygen atoms in total. The summed E-state index contributed by atoms with van der Waals surface area (Å²) in [7, 11) is 0. The minimum absolute atomic E-state index is 0.248. The molecule has 1 aromatic heterocycles. The molecule has 0 aliphatic carbocycles. The number of esters is 1. The summed E-state index contributed by atoms with van der Waals surface area (Å²) in [5, 5.41) is 7.52. The Bertz CT molecular complexity index is 732. The minimum atomic E-state index is -0.681. The lowest BCUT2D eigenvalue weighted by Gasteiger charge is -2.14. The van der Waals surface area contributed by atoms with Crippen LogP contribution in [0.3, 0.4) is 0 Å². The van der Waals surface area contributed by atoms with Gasteiger partial charge in [-0.2, -0.15) is 0 Å². The van der Waals surface area contributed by atoms with Crippen molar-refractivity contribution in [2.24, 2.45) is 0 Å². The Morgan fingerprint density at radius 1 is 1.20 bits per heavy atom. The minimum Gasteiger partial charge on any atom is -0.454 e. The normalized spacial score (nSPS) is 11.4. The molecule has 0 aliphatic rings. The number of rotatable bonds is 7. The molecular formula is C17H17ClN2O4S. The second-order valence-electron chi connectivity index (χ2n) is 5.16. The van der Waals surface area contributed by atoms with Gasteiger partial charge < -0.3 is 15.4 Å². The van der Waals surface area contributed by atoms with Gasteiger partial charge in [-0.05, 0) is 36.1 Å². The van der Waals surface area contributed by atoms with E-state index in [0.717, 1.165) is 5.56 Å². The Balaban J connectivity index is 1.69. The third-order valence-corrected chi connectivity index (χ3v) is 4.37. The first kappa shape index (κ1) is 19.0. The second-order valence-corrected chi connectivity index (χ2v) is 6.55. The Labute approximate surface area is 154 Å². The molecule has 0 saturated heterocycles. The van der Waals surface area contributed by atoms with Crippen LogP contribution < -0.4 is 10.6 Å². The molecular weight excluding hydrogens is 364 g/mol. The van der Waals surface area contributed by atoms with Crippen LogP contribution in [0.25, 0.3) is 0 Å². The molecule has 0 bridgehead atoms. The van der Waals surface area contributed by atoms with E-state index in [0.29, 0.717) is 9.90 Å². The van der Waals surface area contributed by atoms with Gasteiger partial charge in [-0.15, -0.1) is 11.3 Å². The van der Waals surface area contributed by atoms with E-state index in [2.05, 4.69) is 10.6 Å². The molecule has 1 heterocycles. The van der Waals surface area contributed by atoms with Crippen molar-refractivity contribution in [2.75, 3.05) is 13.2 Å². The number of halogens is 1. The largest absolute Gasteiger partial charge is 0.454 e. The first-order valence-corrected chi connectivity index (χ1v) is 8.73. The zero-order valence-corrected chi connectivity index (χ0v) is 15.0. The van der Waals surface area contributed by atoms with Crippen LogP contribution in [-0.2, 0) is 14.3 Å². The standard InChI is InChI=1S/C17H17ClN2O4S/c1-11(12-4-6-13(18)7-5-12)20-15(21)10-24-16(22)9-19-17(23)14-3-2-8-25-14/h2-8,11H,9-10H2,1H3,(H,19,23)(H,20,21)/t11-/m1/s1. The zero-order valence-electron chi connectivity index (χ0n) is 13.5. The van der Waals surface area contributed by atoms with Crippen molar-refractivity contribution >= 4 is 40.7 Å². The summed E-state index contributed by atoms with van der Waals surface area (Å²) in [5.74, 6) is -1.47. The number of hydrogen-bond acceptors (Lipinski definition) is 5. The average molecular weight is 381 g/mol. The van der Waals surface area contributed by atoms with E-state index in [4.69, 9.17) is 16.3 Å². The van der Waals surface area contributed by atoms with E-state index in [1.165, 1.54) is 11.3 Å². The topological polar surface area (TPSA) is 84.5 Å². The number of amides is 2. The van der Waals surface area contributed by atoms with E-state index < -0.39 is 18.5 Å². The third-order valence-electron chi connectivity index (χ3n) is 3.25. The van der Waals surface area contributed by atoms with Gasteiger partial charge >= 0.3 is 5.97 Å². The number of benzene rings is 1. The fourth-order valence-electron chi connectivity index (χ4n) is 1.96. The molecule has 0 fully saturated rings. The molecule has 0 saturated carbocycles. The van der Waals surface area contributed by atoms with Gasteiger partial charge in [0.05, 0.1) is 10.9 Å². The van der Waals surface area contributed by atoms with E-state index >= 15 is 0 Å². The predicted octanol–water partition coefficient (Wildman–Crippen LogP) is 2.55. The lowest BCUT2D eigenvalue weighted by Crippen LogP contribution is -2.34. The first-order valence-electron chi connectivity index (χ1n) is 7.48. The summed E-state index contributed by atoms with van der Waals surface area (Å²) in [4.78, 5) is 35.6. The monoisotopic (exact) mass is 380 g/mol. The Hall–Kier alpha value is -2.38. The average Bonchev–Trinajstić information content (AvgIpc) is 3.13. The molecule has 0 unspecified atom stereocenters. The van der Waals surface area contributed by atoms with Gasteiger partial charge in [0.1, 0.15) is 6.54 Å². The second kappa shape index (κ2) is 9.19. The molecule has 2 aromatic rings. The summed E-state index contributed by atoms with van der Waals surface area (Å²) >= 11 is 7.09. The Morgan fingerprint density at radius 3 is 2.56 bits per heavy atom. The van der Waals surface area contributed by atoms with E-state index in [1.54, 1.807) is 41.8 Å². The van der Waals surface area contributed by atoms with Crippen LogP contribution in [-0.4, -0.2) is 30.9 Å². The number of nitrogens with one attached hydrogen (secondary N) is 2. The number of hydrogen-bond donors (Lipinski definition) is 2. The van der Waals surface area contributed by atoms with Crippen LogP contribution in [0.2, 0.25) is 5.02 Å². The molecule has 2 N–H and O–H groups in total. The van der Waals surface area contributed by atoms with Crippen LogP contribution in [0.1, 0.15) is 28.2 Å². The maximum Gasteiger partial charge on any atom is 0.325 e. The van der Waals surface area contributed by atoms with Crippen LogP contribution in [0, 0.1) is 0 Å². The molecule has 1 atom stereocenters. The highest BCUT2D eigenvalue weighted by atomic mass is 35.5. The number of carbonyl (C=O) groups excluding carboxylic acids is 3. The molecule has 0 spiro atoms. The smallest absolute Gasteiger partial charge is 0.325 e. The van der Waals surface area contributed by atoms with Gasteiger partial charge in [0, 0.05) is 5.02 Å². The van der Waals surface area contributed by atoms with Crippen molar-refractivity contribution in [3.05, 3.63) is 57.2 Å². The quantitative estimate of drug-likeness (QED) is 0.723. The molecule has 0 aliphatic heterocycles. The SMILES string of the molecule is C[C@@H](NC(=O)COC(=O)CNC(=O)c1cccs1)c1ccc(Cl)cc1.